The molecular formula is C29H30O3S. The Labute approximate surface area is 200 Å². The minimum absolute atomic E-state index is 0.0654. The van der Waals surface area contributed by atoms with Crippen LogP contribution in [0.15, 0.2) is 83.8 Å². The zero-order valence-electron chi connectivity index (χ0n) is 19.4. The van der Waals surface area contributed by atoms with E-state index in [2.05, 4.69) is 44.2 Å². The predicted octanol–water partition coefficient (Wildman–Crippen LogP) is 6.62. The van der Waals surface area contributed by atoms with Gasteiger partial charge in [0.15, 0.2) is 11.0 Å². The molecule has 4 heteroatoms. The molecule has 4 rings (SSSR count). The molecule has 2 atom stereocenters. The maximum Gasteiger partial charge on any atom is 0.327 e. The van der Waals surface area contributed by atoms with Crippen molar-refractivity contribution in [1.82, 2.24) is 0 Å². The van der Waals surface area contributed by atoms with E-state index in [0.29, 0.717) is 12.3 Å². The Hall–Kier alpha value is -2.85. The Morgan fingerprint density at radius 2 is 1.64 bits per heavy atom. The first kappa shape index (κ1) is 23.3. The lowest BCUT2D eigenvalue weighted by atomic mass is 9.81. The average Bonchev–Trinajstić information content (AvgIpc) is 2.81. The van der Waals surface area contributed by atoms with Crippen LogP contribution in [0.3, 0.4) is 0 Å². The Bertz CT molecular complexity index is 1100. The summed E-state index contributed by atoms with van der Waals surface area (Å²) in [5.74, 6) is -0.203. The van der Waals surface area contributed by atoms with Gasteiger partial charge in [0, 0.05) is 4.90 Å². The van der Waals surface area contributed by atoms with Crippen molar-refractivity contribution in [3.8, 4) is 0 Å². The monoisotopic (exact) mass is 458 g/mol. The molecule has 3 nitrogen and oxygen atoms in total. The number of rotatable bonds is 7. The number of ketones is 1. The summed E-state index contributed by atoms with van der Waals surface area (Å²) in [4.78, 5) is 27.7. The van der Waals surface area contributed by atoms with E-state index in [1.54, 1.807) is 0 Å². The molecule has 1 fully saturated rings. The van der Waals surface area contributed by atoms with Gasteiger partial charge in [0.05, 0.1) is 6.42 Å². The van der Waals surface area contributed by atoms with Crippen molar-refractivity contribution in [2.24, 2.45) is 0 Å². The molecule has 1 aliphatic rings. The second kappa shape index (κ2) is 9.96. The van der Waals surface area contributed by atoms with Gasteiger partial charge in [0.1, 0.15) is 5.60 Å². The van der Waals surface area contributed by atoms with E-state index in [1.165, 1.54) is 11.8 Å². The van der Waals surface area contributed by atoms with E-state index >= 15 is 0 Å². The van der Waals surface area contributed by atoms with Crippen LogP contribution in [0.2, 0.25) is 0 Å². The first-order valence-electron chi connectivity index (χ1n) is 11.5. The summed E-state index contributed by atoms with van der Waals surface area (Å²) >= 11 is 1.34. The topological polar surface area (TPSA) is 43.4 Å². The van der Waals surface area contributed by atoms with Crippen LogP contribution < -0.4 is 0 Å². The molecular weight excluding hydrogens is 428 g/mol. The minimum atomic E-state index is -0.935. The number of carbonyl (C=O) groups excluding carboxylic acids is 2. The van der Waals surface area contributed by atoms with Crippen LogP contribution in [-0.4, -0.2) is 17.0 Å². The predicted molar refractivity (Wildman–Crippen MR) is 134 cm³/mol. The highest BCUT2D eigenvalue weighted by atomic mass is 32.2. The van der Waals surface area contributed by atoms with Crippen LogP contribution in [0.1, 0.15) is 54.9 Å². The third kappa shape index (κ3) is 5.22. The molecule has 0 aliphatic carbocycles. The molecule has 3 aromatic carbocycles. The lowest BCUT2D eigenvalue weighted by molar-refractivity contribution is -0.171. The average molecular weight is 459 g/mol. The van der Waals surface area contributed by atoms with E-state index in [4.69, 9.17) is 4.74 Å². The maximum absolute atomic E-state index is 13.5. The number of carbonyl (C=O) groups is 2. The second-order valence-corrected chi connectivity index (χ2v) is 10.3. The van der Waals surface area contributed by atoms with E-state index in [9.17, 15) is 9.59 Å². The van der Waals surface area contributed by atoms with Gasteiger partial charge >= 0.3 is 5.97 Å². The van der Waals surface area contributed by atoms with E-state index < -0.39 is 16.8 Å². The standard InChI is InChI=1S/C29H30O3S/c1-20(2)24-15-14-21(3)18-26(24)33-27-25(30)19-29(32-28(27)31,23-12-8-5-9-13-23)17-16-22-10-6-4-7-11-22/h4-15,18,20,27H,16-17,19H2,1-3H3. The van der Waals surface area contributed by atoms with Crippen molar-refractivity contribution >= 4 is 23.5 Å². The van der Waals surface area contributed by atoms with Crippen molar-refractivity contribution in [3.63, 3.8) is 0 Å². The number of benzene rings is 3. The fraction of sp³-hybridized carbons (Fsp3) is 0.310. The number of Topliss-reactive ketones (excluding diaryl/α,β-unsaturated/α-hetero) is 1. The number of hydrogen-bond donors (Lipinski definition) is 0. The molecule has 1 saturated heterocycles. The molecule has 0 saturated carbocycles. The van der Waals surface area contributed by atoms with Gasteiger partial charge in [-0.05, 0) is 54.0 Å². The second-order valence-electron chi connectivity index (χ2n) is 9.10. The molecule has 0 bridgehead atoms. The number of thioether (sulfide) groups is 1. The summed E-state index contributed by atoms with van der Waals surface area (Å²) in [5, 5.41) is -0.835. The largest absolute Gasteiger partial charge is 0.453 e. The summed E-state index contributed by atoms with van der Waals surface area (Å²) in [5.41, 5.74) is 3.37. The SMILES string of the molecule is Cc1ccc(C(C)C)c(SC2C(=O)CC(CCc3ccccc3)(c3ccccc3)OC2=O)c1. The first-order chi connectivity index (χ1) is 15.9. The summed E-state index contributed by atoms with van der Waals surface area (Å²) < 4.78 is 6.19. The smallest absolute Gasteiger partial charge is 0.327 e. The van der Waals surface area contributed by atoms with Crippen molar-refractivity contribution in [2.75, 3.05) is 0 Å². The third-order valence-electron chi connectivity index (χ3n) is 6.26. The summed E-state index contributed by atoms with van der Waals surface area (Å²) in [6.07, 6.45) is 1.48. The fourth-order valence-corrected chi connectivity index (χ4v) is 5.73. The van der Waals surface area contributed by atoms with Gasteiger partial charge in [-0.15, -0.1) is 11.8 Å². The number of ether oxygens (including phenoxy) is 1. The quantitative estimate of drug-likeness (QED) is 0.295. The molecule has 33 heavy (non-hydrogen) atoms. The maximum atomic E-state index is 13.5. The van der Waals surface area contributed by atoms with Gasteiger partial charge in [-0.2, -0.15) is 0 Å². The molecule has 0 amide bonds. The van der Waals surface area contributed by atoms with Crippen LogP contribution in [0.5, 0.6) is 0 Å². The van der Waals surface area contributed by atoms with Crippen LogP contribution in [0, 0.1) is 6.92 Å². The number of cyclic esters (lactones) is 1. The lowest BCUT2D eigenvalue weighted by Crippen LogP contribution is -2.47. The molecule has 3 aromatic rings. The number of hydrogen-bond acceptors (Lipinski definition) is 4. The summed E-state index contributed by atoms with van der Waals surface area (Å²) in [7, 11) is 0. The van der Waals surface area contributed by atoms with Gasteiger partial charge in [0.25, 0.3) is 0 Å². The highest BCUT2D eigenvalue weighted by Gasteiger charge is 2.48. The molecule has 170 valence electrons. The van der Waals surface area contributed by atoms with Gasteiger partial charge in [-0.25, -0.2) is 0 Å². The van der Waals surface area contributed by atoms with Crippen LogP contribution in [-0.2, 0) is 26.3 Å². The minimum Gasteiger partial charge on any atom is -0.453 e. The number of aryl methyl sites for hydroxylation is 2. The molecule has 0 spiro atoms. The Balaban J connectivity index is 1.61. The third-order valence-corrected chi connectivity index (χ3v) is 7.56. The van der Waals surface area contributed by atoms with E-state index in [-0.39, 0.29) is 12.2 Å². The highest BCUT2D eigenvalue weighted by Crippen LogP contribution is 2.43. The molecule has 0 aromatic heterocycles. The molecule has 0 radical (unpaired) electrons. The van der Waals surface area contributed by atoms with Crippen molar-refractivity contribution in [1.29, 1.82) is 0 Å². The van der Waals surface area contributed by atoms with Crippen LogP contribution >= 0.6 is 11.8 Å². The van der Waals surface area contributed by atoms with Crippen LogP contribution in [0.4, 0.5) is 0 Å². The highest BCUT2D eigenvalue weighted by molar-refractivity contribution is 8.01. The Morgan fingerprint density at radius 3 is 2.27 bits per heavy atom. The molecule has 0 N–H and O–H groups in total. The van der Waals surface area contributed by atoms with Gasteiger partial charge in [0.2, 0.25) is 0 Å². The zero-order valence-corrected chi connectivity index (χ0v) is 20.2. The van der Waals surface area contributed by atoms with E-state index in [0.717, 1.165) is 33.6 Å². The van der Waals surface area contributed by atoms with Gasteiger partial charge < -0.3 is 4.74 Å². The van der Waals surface area contributed by atoms with Crippen molar-refractivity contribution in [2.45, 2.75) is 61.7 Å². The Kier molecular flexibility index (Phi) is 7.04. The van der Waals surface area contributed by atoms with Crippen LogP contribution in [0.25, 0.3) is 0 Å². The zero-order chi connectivity index (χ0) is 23.4. The molecule has 1 heterocycles. The van der Waals surface area contributed by atoms with Gasteiger partial charge in [-0.1, -0.05) is 86.6 Å². The number of esters is 1. The summed E-state index contributed by atoms with van der Waals surface area (Å²) in [6.45, 7) is 6.28. The normalized spacial score (nSPS) is 20.7. The molecule has 1 aliphatic heterocycles. The molecule has 2 unspecified atom stereocenters. The van der Waals surface area contributed by atoms with Crippen molar-refractivity contribution < 1.29 is 14.3 Å². The Morgan fingerprint density at radius 1 is 0.970 bits per heavy atom. The lowest BCUT2D eigenvalue weighted by Gasteiger charge is -2.39. The van der Waals surface area contributed by atoms with Gasteiger partial charge in [-0.3, -0.25) is 9.59 Å². The summed E-state index contributed by atoms with van der Waals surface area (Å²) in [6, 6.07) is 26.1. The fourth-order valence-electron chi connectivity index (χ4n) is 4.43. The van der Waals surface area contributed by atoms with Crippen molar-refractivity contribution in [3.05, 3.63) is 101 Å². The van der Waals surface area contributed by atoms with E-state index in [1.807, 2.05) is 55.5 Å². The first-order valence-corrected chi connectivity index (χ1v) is 12.4.